The van der Waals surface area contributed by atoms with Crippen LogP contribution in [0.1, 0.15) is 48.5 Å². The molecular weight excluding hydrogens is 222 g/mol. The monoisotopic (exact) mass is 247 g/mol. The van der Waals surface area contributed by atoms with Gasteiger partial charge in [-0.2, -0.15) is 0 Å². The van der Waals surface area contributed by atoms with E-state index in [1.54, 1.807) is 0 Å². The summed E-state index contributed by atoms with van der Waals surface area (Å²) < 4.78 is 0. The summed E-state index contributed by atoms with van der Waals surface area (Å²) in [5.74, 6) is 0. The van der Waals surface area contributed by atoms with Gasteiger partial charge in [-0.05, 0) is 51.9 Å². The Morgan fingerprint density at radius 1 is 1.17 bits per heavy atom. The lowest BCUT2D eigenvalue weighted by Crippen LogP contribution is -2.47. The highest BCUT2D eigenvalue weighted by molar-refractivity contribution is 5.34. The van der Waals surface area contributed by atoms with Gasteiger partial charge in [0.25, 0.3) is 0 Å². The molecule has 0 amide bonds. The van der Waals surface area contributed by atoms with Crippen molar-refractivity contribution in [2.75, 3.05) is 14.1 Å². The maximum absolute atomic E-state index is 10.9. The normalized spacial score (nSPS) is 20.3. The maximum atomic E-state index is 10.9. The van der Waals surface area contributed by atoms with Crippen molar-refractivity contribution in [3.05, 3.63) is 34.9 Å². The van der Waals surface area contributed by atoms with Crippen molar-refractivity contribution in [1.82, 2.24) is 4.90 Å². The minimum absolute atomic E-state index is 0.0694. The second-order valence-electron chi connectivity index (χ2n) is 5.97. The number of hydrogen-bond donors (Lipinski definition) is 1. The Hall–Kier alpha value is -0.860. The van der Waals surface area contributed by atoms with Gasteiger partial charge in [-0.25, -0.2) is 0 Å². The van der Waals surface area contributed by atoms with Crippen LogP contribution in [-0.4, -0.2) is 29.6 Å². The summed E-state index contributed by atoms with van der Waals surface area (Å²) in [5, 5.41) is 10.9. The van der Waals surface area contributed by atoms with Gasteiger partial charge in [0.15, 0.2) is 0 Å². The zero-order chi connectivity index (χ0) is 13.3. The molecule has 1 atom stereocenters. The number of likely N-dealkylation sites (N-methyl/N-ethyl adjacent to an activating group) is 1. The molecule has 1 unspecified atom stereocenters. The van der Waals surface area contributed by atoms with E-state index in [1.807, 2.05) is 0 Å². The number of rotatable bonds is 3. The molecule has 1 aliphatic rings. The molecule has 0 aliphatic heterocycles. The lowest BCUT2D eigenvalue weighted by Gasteiger charge is -2.41. The number of aryl methyl sites for hydroxylation is 2. The molecule has 1 N–H and O–H groups in total. The molecule has 0 saturated heterocycles. The van der Waals surface area contributed by atoms with E-state index in [0.717, 1.165) is 18.4 Å². The molecule has 2 heteroatoms. The van der Waals surface area contributed by atoms with Gasteiger partial charge in [-0.3, -0.25) is 0 Å². The Kier molecular flexibility index (Phi) is 3.79. The van der Waals surface area contributed by atoms with Crippen LogP contribution in [0, 0.1) is 13.8 Å². The third-order valence-electron chi connectivity index (χ3n) is 4.59. The van der Waals surface area contributed by atoms with Crippen molar-refractivity contribution in [2.24, 2.45) is 0 Å². The lowest BCUT2D eigenvalue weighted by molar-refractivity contribution is -0.00510. The van der Waals surface area contributed by atoms with E-state index in [2.05, 4.69) is 51.0 Å². The van der Waals surface area contributed by atoms with Crippen LogP contribution in [0.4, 0.5) is 0 Å². The van der Waals surface area contributed by atoms with E-state index in [-0.39, 0.29) is 11.6 Å². The highest BCUT2D eigenvalue weighted by Crippen LogP contribution is 2.44. The van der Waals surface area contributed by atoms with Crippen molar-refractivity contribution in [1.29, 1.82) is 0 Å². The van der Waals surface area contributed by atoms with E-state index in [0.29, 0.717) is 0 Å². The first-order chi connectivity index (χ1) is 8.47. The quantitative estimate of drug-likeness (QED) is 0.886. The fraction of sp³-hybridized carbons (Fsp3) is 0.625. The number of aliphatic hydroxyl groups is 1. The summed E-state index contributed by atoms with van der Waals surface area (Å²) in [7, 11) is 4.19. The first-order valence-corrected chi connectivity index (χ1v) is 6.90. The van der Waals surface area contributed by atoms with Crippen LogP contribution in [0.5, 0.6) is 0 Å². The smallest absolute Gasteiger partial charge is 0.0975 e. The summed E-state index contributed by atoms with van der Waals surface area (Å²) in [6.07, 6.45) is 4.25. The molecule has 0 heterocycles. The summed E-state index contributed by atoms with van der Waals surface area (Å²) in [6.45, 7) is 4.20. The Morgan fingerprint density at radius 3 is 2.28 bits per heavy atom. The van der Waals surface area contributed by atoms with E-state index in [9.17, 15) is 5.11 Å². The average molecular weight is 247 g/mol. The molecule has 0 bridgehead atoms. The lowest BCUT2D eigenvalue weighted by atomic mass is 9.83. The molecular formula is C16H25NO. The summed E-state index contributed by atoms with van der Waals surface area (Å²) in [4.78, 5) is 2.23. The fourth-order valence-corrected chi connectivity index (χ4v) is 3.37. The molecule has 1 saturated carbocycles. The second-order valence-corrected chi connectivity index (χ2v) is 5.97. The van der Waals surface area contributed by atoms with Crippen molar-refractivity contribution in [3.63, 3.8) is 0 Å². The minimum atomic E-state index is -0.379. The van der Waals surface area contributed by atoms with Gasteiger partial charge in [0.1, 0.15) is 0 Å². The van der Waals surface area contributed by atoms with E-state index in [4.69, 9.17) is 0 Å². The Balaban J connectivity index is 2.37. The largest absolute Gasteiger partial charge is 0.386 e. The highest BCUT2D eigenvalue weighted by Gasteiger charge is 2.43. The summed E-state index contributed by atoms with van der Waals surface area (Å²) >= 11 is 0. The molecule has 0 aromatic heterocycles. The molecule has 1 fully saturated rings. The zero-order valence-corrected chi connectivity index (χ0v) is 12.0. The SMILES string of the molecule is Cc1ccc(C(O)C2(N(C)C)CCCC2)c(C)c1. The number of hydrogen-bond acceptors (Lipinski definition) is 2. The molecule has 2 nitrogen and oxygen atoms in total. The molecule has 1 aromatic carbocycles. The highest BCUT2D eigenvalue weighted by atomic mass is 16.3. The van der Waals surface area contributed by atoms with Gasteiger partial charge < -0.3 is 10.0 Å². The van der Waals surface area contributed by atoms with Gasteiger partial charge in [0, 0.05) is 0 Å². The first kappa shape index (κ1) is 13.6. The Morgan fingerprint density at radius 2 is 1.78 bits per heavy atom. The Labute approximate surface area is 111 Å². The number of nitrogens with zero attached hydrogens (tertiary/aromatic N) is 1. The summed E-state index contributed by atoms with van der Waals surface area (Å²) in [5.41, 5.74) is 3.49. The van der Waals surface area contributed by atoms with Crippen LogP contribution < -0.4 is 0 Å². The van der Waals surface area contributed by atoms with Crippen molar-refractivity contribution >= 4 is 0 Å². The molecule has 1 aromatic rings. The molecule has 0 radical (unpaired) electrons. The van der Waals surface area contributed by atoms with Crippen LogP contribution in [0.2, 0.25) is 0 Å². The fourth-order valence-electron chi connectivity index (χ4n) is 3.37. The van der Waals surface area contributed by atoms with Crippen LogP contribution in [-0.2, 0) is 0 Å². The second kappa shape index (κ2) is 5.02. The van der Waals surface area contributed by atoms with Gasteiger partial charge in [-0.15, -0.1) is 0 Å². The average Bonchev–Trinajstić information content (AvgIpc) is 2.78. The van der Waals surface area contributed by atoms with Crippen LogP contribution in [0.25, 0.3) is 0 Å². The van der Waals surface area contributed by atoms with Crippen molar-refractivity contribution in [3.8, 4) is 0 Å². The Bertz CT molecular complexity index is 419. The number of aliphatic hydroxyl groups excluding tert-OH is 1. The zero-order valence-electron chi connectivity index (χ0n) is 12.0. The third-order valence-corrected chi connectivity index (χ3v) is 4.59. The standard InChI is InChI=1S/C16H25NO/c1-12-7-8-14(13(2)11-12)15(18)16(17(3)4)9-5-6-10-16/h7-8,11,15,18H,5-6,9-10H2,1-4H3. The van der Waals surface area contributed by atoms with Crippen LogP contribution >= 0.6 is 0 Å². The predicted molar refractivity (Wildman–Crippen MR) is 75.8 cm³/mol. The van der Waals surface area contributed by atoms with E-state index in [1.165, 1.54) is 24.0 Å². The minimum Gasteiger partial charge on any atom is -0.386 e. The molecule has 0 spiro atoms. The predicted octanol–water partition coefficient (Wildman–Crippen LogP) is 3.21. The van der Waals surface area contributed by atoms with Crippen molar-refractivity contribution in [2.45, 2.75) is 51.2 Å². The molecule has 2 rings (SSSR count). The van der Waals surface area contributed by atoms with Crippen molar-refractivity contribution < 1.29 is 5.11 Å². The van der Waals surface area contributed by atoms with Crippen LogP contribution in [0.3, 0.4) is 0 Å². The molecule has 1 aliphatic carbocycles. The molecule has 18 heavy (non-hydrogen) atoms. The maximum Gasteiger partial charge on any atom is 0.0975 e. The summed E-state index contributed by atoms with van der Waals surface area (Å²) in [6, 6.07) is 6.36. The van der Waals surface area contributed by atoms with Crippen LogP contribution in [0.15, 0.2) is 18.2 Å². The van der Waals surface area contributed by atoms with Gasteiger partial charge >= 0.3 is 0 Å². The topological polar surface area (TPSA) is 23.5 Å². The molecule has 100 valence electrons. The van der Waals surface area contributed by atoms with Gasteiger partial charge in [0.2, 0.25) is 0 Å². The first-order valence-electron chi connectivity index (χ1n) is 6.90. The van der Waals surface area contributed by atoms with Gasteiger partial charge in [0.05, 0.1) is 11.6 Å². The number of benzene rings is 1. The van der Waals surface area contributed by atoms with E-state index < -0.39 is 0 Å². The van der Waals surface area contributed by atoms with E-state index >= 15 is 0 Å². The third kappa shape index (κ3) is 2.19. The van der Waals surface area contributed by atoms with Gasteiger partial charge in [-0.1, -0.05) is 36.6 Å².